The summed E-state index contributed by atoms with van der Waals surface area (Å²) >= 11 is 0. The number of para-hydroxylation sites is 4. The number of nitrogens with zero attached hydrogens (tertiary/aromatic N) is 4. The van der Waals surface area contributed by atoms with Crippen LogP contribution >= 0.6 is 0 Å². The summed E-state index contributed by atoms with van der Waals surface area (Å²) in [5.41, 5.74) is 3.88. The molecule has 0 aromatic heterocycles. The minimum absolute atomic E-state index is 0. The van der Waals surface area contributed by atoms with Gasteiger partial charge in [-0.1, -0.05) is 121 Å². The Morgan fingerprint density at radius 3 is 0.722 bits per heavy atom. The summed E-state index contributed by atoms with van der Waals surface area (Å²) in [4.78, 5) is 0. The van der Waals surface area contributed by atoms with Crippen molar-refractivity contribution < 1.29 is 54.6 Å². The predicted molar refractivity (Wildman–Crippen MR) is 140 cm³/mol. The van der Waals surface area contributed by atoms with E-state index in [-0.39, 0.29) is 44.4 Å². The normalized spacial score (nSPS) is 8.50. The molecule has 0 unspecified atom stereocenters. The van der Waals surface area contributed by atoms with Crippen LogP contribution in [-0.4, -0.2) is 35.8 Å². The molecule has 0 fully saturated rings. The molecule has 192 valence electrons. The van der Waals surface area contributed by atoms with Crippen molar-refractivity contribution in [1.82, 2.24) is 0 Å². The molecule has 0 bridgehead atoms. The first-order valence-electron chi connectivity index (χ1n) is 10.4. The first kappa shape index (κ1) is 35.4. The second-order valence-corrected chi connectivity index (χ2v) is 6.40. The molecular weight excluding hydrogens is 630 g/mol. The third-order valence-electron chi connectivity index (χ3n) is 4.04. The molecular formula is C27H30N4O3Ru2. The van der Waals surface area contributed by atoms with Crippen molar-refractivity contribution in [1.29, 1.82) is 0 Å². The quantitative estimate of drug-likeness (QED) is 0.159. The average molecular weight is 661 g/mol. The number of rotatable bonds is 8. The van der Waals surface area contributed by atoms with Gasteiger partial charge in [-0.3, -0.25) is 0 Å². The zero-order chi connectivity index (χ0) is 23.4. The van der Waals surface area contributed by atoms with E-state index in [2.05, 4.69) is 21.3 Å². The van der Waals surface area contributed by atoms with E-state index in [0.29, 0.717) is 13.3 Å². The Morgan fingerprint density at radius 2 is 0.556 bits per heavy atom. The van der Waals surface area contributed by atoms with E-state index in [1.54, 1.807) is 0 Å². The molecule has 0 saturated heterocycles. The first-order chi connectivity index (χ1) is 16.3. The Balaban J connectivity index is 0. The van der Waals surface area contributed by atoms with Crippen LogP contribution in [-0.2, 0) is 39.0 Å². The Morgan fingerprint density at radius 1 is 0.389 bits per heavy atom. The monoisotopic (exact) mass is 662 g/mol. The van der Waals surface area contributed by atoms with Crippen LogP contribution < -0.4 is 0 Å². The Kier molecular flexibility index (Phi) is 23.5. The molecule has 0 aliphatic rings. The Hall–Kier alpha value is -2.79. The molecule has 0 amide bonds. The zero-order valence-electron chi connectivity index (χ0n) is 19.6. The number of hydrogen-bond donors (Lipinski definition) is 2. The average Bonchev–Trinajstić information content (AvgIpc) is 2.88. The van der Waals surface area contributed by atoms with Crippen LogP contribution in [0.3, 0.4) is 0 Å². The van der Waals surface area contributed by atoms with Crippen molar-refractivity contribution >= 4 is 22.7 Å². The fourth-order valence-corrected chi connectivity index (χ4v) is 2.53. The number of aliphatic hydroxyl groups excluding tert-OH is 1. The van der Waals surface area contributed by atoms with Crippen LogP contribution in [0, 0.1) is 0 Å². The third kappa shape index (κ3) is 16.8. The molecule has 0 spiro atoms. The van der Waals surface area contributed by atoms with Crippen molar-refractivity contribution in [2.75, 3.05) is 20.1 Å². The van der Waals surface area contributed by atoms with Gasteiger partial charge in [-0.15, -0.1) is 22.7 Å². The van der Waals surface area contributed by atoms with Gasteiger partial charge in [0.25, 0.3) is 0 Å². The molecule has 4 aromatic rings. The number of benzene rings is 4. The summed E-state index contributed by atoms with van der Waals surface area (Å²) < 4.78 is 0. The molecule has 0 atom stereocenters. The van der Waals surface area contributed by atoms with Crippen molar-refractivity contribution in [2.24, 2.45) is 0 Å². The summed E-state index contributed by atoms with van der Waals surface area (Å²) in [6.07, 6.45) is 0. The van der Waals surface area contributed by atoms with Gasteiger partial charge in [-0.05, 0) is 0 Å². The van der Waals surface area contributed by atoms with Crippen molar-refractivity contribution in [2.45, 2.75) is 0 Å². The Bertz CT molecular complexity index is 811. The maximum Gasteiger partial charge on any atom is 2.00 e. The first-order valence-corrected chi connectivity index (χ1v) is 10.4. The standard InChI is InChI=1S/2C13H12N2.CH4O2.H2O.2Ru/c2*1-3-7-12(8-4-1)14-11-15-13-9-5-2-6-10-13;2-1-3;;;/h2*1-10H,11H2;2-3H,1H2;1H2;;/q2*-2;;;2*+2. The van der Waals surface area contributed by atoms with Gasteiger partial charge in [0.1, 0.15) is 6.79 Å². The number of aliphatic hydroxyl groups is 2. The Labute approximate surface area is 239 Å². The number of hydrogen-bond acceptors (Lipinski definition) is 2. The van der Waals surface area contributed by atoms with Crippen LogP contribution in [0.25, 0.3) is 21.3 Å². The largest absolute Gasteiger partial charge is 2.00 e. The van der Waals surface area contributed by atoms with Gasteiger partial charge in [-0.2, -0.15) is 0 Å². The van der Waals surface area contributed by atoms with Gasteiger partial charge in [0.2, 0.25) is 0 Å². The van der Waals surface area contributed by atoms with Crippen LogP contribution in [0.15, 0.2) is 121 Å². The van der Waals surface area contributed by atoms with Gasteiger partial charge >= 0.3 is 39.0 Å². The third-order valence-corrected chi connectivity index (χ3v) is 4.04. The zero-order valence-corrected chi connectivity index (χ0v) is 23.0. The maximum atomic E-state index is 7.12. The maximum absolute atomic E-state index is 7.12. The van der Waals surface area contributed by atoms with Crippen LogP contribution in [0.4, 0.5) is 22.7 Å². The molecule has 0 aliphatic heterocycles. The van der Waals surface area contributed by atoms with Crippen LogP contribution in [0.2, 0.25) is 0 Å². The molecule has 4 rings (SSSR count). The minimum Gasteiger partial charge on any atom is -0.699 e. The minimum atomic E-state index is -0.750. The molecule has 4 aromatic carbocycles. The van der Waals surface area contributed by atoms with Crippen molar-refractivity contribution in [3.63, 3.8) is 0 Å². The summed E-state index contributed by atoms with van der Waals surface area (Å²) in [7, 11) is 0. The molecule has 0 saturated carbocycles. The fourth-order valence-electron chi connectivity index (χ4n) is 2.53. The molecule has 36 heavy (non-hydrogen) atoms. The summed E-state index contributed by atoms with van der Waals surface area (Å²) in [5.74, 6) is 0. The van der Waals surface area contributed by atoms with Crippen LogP contribution in [0.5, 0.6) is 0 Å². The van der Waals surface area contributed by atoms with E-state index >= 15 is 0 Å². The summed E-state index contributed by atoms with van der Waals surface area (Å²) in [6, 6.07) is 39.5. The van der Waals surface area contributed by atoms with Crippen molar-refractivity contribution in [3.8, 4) is 0 Å². The van der Waals surface area contributed by atoms with E-state index < -0.39 is 6.79 Å². The molecule has 4 N–H and O–H groups in total. The van der Waals surface area contributed by atoms with E-state index in [0.717, 1.165) is 22.7 Å². The second-order valence-electron chi connectivity index (χ2n) is 6.40. The second kappa shape index (κ2) is 23.9. The topological polar surface area (TPSA) is 128 Å². The van der Waals surface area contributed by atoms with Gasteiger partial charge in [0.05, 0.1) is 0 Å². The van der Waals surface area contributed by atoms with Gasteiger partial charge in [0.15, 0.2) is 0 Å². The molecule has 9 heteroatoms. The van der Waals surface area contributed by atoms with Gasteiger partial charge < -0.3 is 37.0 Å². The summed E-state index contributed by atoms with van der Waals surface area (Å²) in [5, 5.41) is 31.6. The molecule has 7 nitrogen and oxygen atoms in total. The molecule has 0 aliphatic carbocycles. The summed E-state index contributed by atoms with van der Waals surface area (Å²) in [6.45, 7) is 0.210. The predicted octanol–water partition coefficient (Wildman–Crippen LogP) is 6.81. The molecule has 0 heterocycles. The van der Waals surface area contributed by atoms with E-state index in [9.17, 15) is 0 Å². The van der Waals surface area contributed by atoms with Gasteiger partial charge in [0, 0.05) is 0 Å². The smallest absolute Gasteiger partial charge is 0.699 e. The molecule has 0 radical (unpaired) electrons. The van der Waals surface area contributed by atoms with E-state index in [1.165, 1.54) is 0 Å². The van der Waals surface area contributed by atoms with Crippen LogP contribution in [0.1, 0.15) is 0 Å². The van der Waals surface area contributed by atoms with E-state index in [1.807, 2.05) is 121 Å². The SMILES string of the molecule is O.OCO.[Ru+2].[Ru+2].c1ccc([N-]C[N-]c2ccccc2)cc1.c1ccc([N-]C[N-]c2ccccc2)cc1. The van der Waals surface area contributed by atoms with Crippen molar-refractivity contribution in [3.05, 3.63) is 143 Å². The van der Waals surface area contributed by atoms with Gasteiger partial charge in [-0.25, -0.2) is 13.3 Å². The fraction of sp³-hybridized carbons (Fsp3) is 0.111. The van der Waals surface area contributed by atoms with E-state index in [4.69, 9.17) is 10.2 Å².